The van der Waals surface area contributed by atoms with Crippen LogP contribution < -0.4 is 0 Å². The maximum absolute atomic E-state index is 13.2. The van der Waals surface area contributed by atoms with Crippen molar-refractivity contribution in [3.05, 3.63) is 64.9 Å². The predicted octanol–water partition coefficient (Wildman–Crippen LogP) is 4.91. The maximum Gasteiger partial charge on any atom is 0.417 e. The Labute approximate surface area is 135 Å². The van der Waals surface area contributed by atoms with Gasteiger partial charge in [-0.05, 0) is 30.7 Å². The highest BCUT2D eigenvalue weighted by Crippen LogP contribution is 2.37. The quantitative estimate of drug-likeness (QED) is 0.665. The van der Waals surface area contributed by atoms with Gasteiger partial charge in [-0.25, -0.2) is 9.67 Å². The van der Waals surface area contributed by atoms with Gasteiger partial charge in [0.15, 0.2) is 5.82 Å². The minimum atomic E-state index is -4.48. The number of hydrogen-bond donors (Lipinski definition) is 0. The van der Waals surface area contributed by atoms with Crippen molar-refractivity contribution < 1.29 is 13.2 Å². The highest BCUT2D eigenvalue weighted by molar-refractivity contribution is 6.31. The van der Waals surface area contributed by atoms with Crippen LogP contribution in [0.3, 0.4) is 0 Å². The Kier molecular flexibility index (Phi) is 3.85. The molecule has 0 fully saturated rings. The lowest BCUT2D eigenvalue weighted by Crippen LogP contribution is -2.10. The van der Waals surface area contributed by atoms with E-state index in [0.717, 1.165) is 6.07 Å². The average Bonchev–Trinajstić information content (AvgIpc) is 2.98. The van der Waals surface area contributed by atoms with E-state index in [1.807, 2.05) is 0 Å². The highest BCUT2D eigenvalue weighted by Gasteiger charge is 2.34. The van der Waals surface area contributed by atoms with Gasteiger partial charge in [0.2, 0.25) is 0 Å². The van der Waals surface area contributed by atoms with Gasteiger partial charge in [0.1, 0.15) is 6.33 Å². The first-order valence-corrected chi connectivity index (χ1v) is 7.09. The van der Waals surface area contributed by atoms with E-state index in [-0.39, 0.29) is 11.4 Å². The van der Waals surface area contributed by atoms with Gasteiger partial charge >= 0.3 is 6.18 Å². The molecule has 7 heteroatoms. The molecule has 0 radical (unpaired) electrons. The zero-order valence-corrected chi connectivity index (χ0v) is 12.7. The van der Waals surface area contributed by atoms with Crippen molar-refractivity contribution in [2.24, 2.45) is 0 Å². The fourth-order valence-electron chi connectivity index (χ4n) is 2.35. The van der Waals surface area contributed by atoms with Gasteiger partial charge in [0, 0.05) is 10.6 Å². The van der Waals surface area contributed by atoms with E-state index < -0.39 is 11.7 Å². The lowest BCUT2D eigenvalue weighted by molar-refractivity contribution is -0.137. The minimum absolute atomic E-state index is 0.0307. The Hall–Kier alpha value is -2.34. The molecule has 23 heavy (non-hydrogen) atoms. The first-order valence-electron chi connectivity index (χ1n) is 6.71. The summed E-state index contributed by atoms with van der Waals surface area (Å²) in [4.78, 5) is 4.02. The van der Waals surface area contributed by atoms with Crippen LogP contribution in [0.2, 0.25) is 5.02 Å². The molecule has 0 saturated carbocycles. The minimum Gasteiger partial charge on any atom is -0.215 e. The van der Waals surface area contributed by atoms with E-state index in [2.05, 4.69) is 10.1 Å². The summed E-state index contributed by atoms with van der Waals surface area (Å²) in [5, 5.41) is 4.57. The highest BCUT2D eigenvalue weighted by atomic mass is 35.5. The number of benzene rings is 2. The Morgan fingerprint density at radius 3 is 2.52 bits per heavy atom. The molecule has 1 heterocycles. The van der Waals surface area contributed by atoms with Crippen molar-refractivity contribution >= 4 is 11.6 Å². The number of alkyl halides is 3. The molecule has 0 aliphatic heterocycles. The van der Waals surface area contributed by atoms with Gasteiger partial charge in [0.25, 0.3) is 0 Å². The second-order valence-corrected chi connectivity index (χ2v) is 5.33. The van der Waals surface area contributed by atoms with Crippen LogP contribution in [0.25, 0.3) is 17.1 Å². The third-order valence-corrected chi connectivity index (χ3v) is 3.90. The molecule has 0 amide bonds. The normalized spacial score (nSPS) is 11.7. The summed E-state index contributed by atoms with van der Waals surface area (Å²) in [7, 11) is 0. The van der Waals surface area contributed by atoms with E-state index in [0.29, 0.717) is 16.3 Å². The monoisotopic (exact) mass is 337 g/mol. The van der Waals surface area contributed by atoms with Crippen molar-refractivity contribution in [1.29, 1.82) is 0 Å². The van der Waals surface area contributed by atoms with Crippen molar-refractivity contribution in [3.63, 3.8) is 0 Å². The molecule has 0 spiro atoms. The van der Waals surface area contributed by atoms with Crippen molar-refractivity contribution in [2.45, 2.75) is 13.1 Å². The average molecular weight is 338 g/mol. The fourth-order valence-corrected chi connectivity index (χ4v) is 2.52. The molecule has 3 rings (SSSR count). The largest absolute Gasteiger partial charge is 0.417 e. The molecule has 0 aliphatic carbocycles. The van der Waals surface area contributed by atoms with Crippen LogP contribution in [0.4, 0.5) is 13.2 Å². The summed E-state index contributed by atoms with van der Waals surface area (Å²) in [6, 6.07) is 10.4. The van der Waals surface area contributed by atoms with Gasteiger partial charge in [-0.2, -0.15) is 18.3 Å². The number of aromatic nitrogens is 3. The molecule has 2 aromatic carbocycles. The third-order valence-electron chi connectivity index (χ3n) is 3.49. The van der Waals surface area contributed by atoms with Crippen LogP contribution in [0.1, 0.15) is 11.1 Å². The van der Waals surface area contributed by atoms with Gasteiger partial charge in [-0.1, -0.05) is 35.9 Å². The smallest absolute Gasteiger partial charge is 0.215 e. The fraction of sp³-hybridized carbons (Fsp3) is 0.125. The SMILES string of the molecule is Cc1c(Cl)cccc1-n1ncnc1-c1ccccc1C(F)(F)F. The van der Waals surface area contributed by atoms with Crippen LogP contribution >= 0.6 is 11.6 Å². The summed E-state index contributed by atoms with van der Waals surface area (Å²) in [6.07, 6.45) is -3.25. The Bertz CT molecular complexity index is 856. The molecular formula is C16H11ClF3N3. The lowest BCUT2D eigenvalue weighted by Gasteiger charge is -2.14. The molecule has 0 unspecified atom stereocenters. The lowest BCUT2D eigenvalue weighted by atomic mass is 10.1. The Balaban J connectivity index is 2.23. The second-order valence-electron chi connectivity index (χ2n) is 4.92. The van der Waals surface area contributed by atoms with Crippen molar-refractivity contribution in [3.8, 4) is 17.1 Å². The molecule has 0 atom stereocenters. The van der Waals surface area contributed by atoms with E-state index in [1.54, 1.807) is 25.1 Å². The number of halogens is 4. The molecule has 3 nitrogen and oxygen atoms in total. The van der Waals surface area contributed by atoms with Crippen LogP contribution in [0.15, 0.2) is 48.8 Å². The molecule has 1 aromatic heterocycles. The zero-order chi connectivity index (χ0) is 16.6. The van der Waals surface area contributed by atoms with Gasteiger partial charge in [-0.3, -0.25) is 0 Å². The van der Waals surface area contributed by atoms with Crippen LogP contribution in [-0.4, -0.2) is 14.8 Å². The topological polar surface area (TPSA) is 30.7 Å². The Morgan fingerprint density at radius 1 is 1.04 bits per heavy atom. The standard InChI is InChI=1S/C16H11ClF3N3/c1-10-13(17)7-4-8-14(10)23-15(21-9-22-23)11-5-2-3-6-12(11)16(18,19)20/h2-9H,1H3. The molecule has 118 valence electrons. The molecule has 0 saturated heterocycles. The molecule has 3 aromatic rings. The van der Waals surface area contributed by atoms with E-state index >= 15 is 0 Å². The van der Waals surface area contributed by atoms with Crippen LogP contribution in [0, 0.1) is 6.92 Å². The molecular weight excluding hydrogens is 327 g/mol. The van der Waals surface area contributed by atoms with E-state index in [4.69, 9.17) is 11.6 Å². The van der Waals surface area contributed by atoms with Crippen molar-refractivity contribution in [1.82, 2.24) is 14.8 Å². The summed E-state index contributed by atoms with van der Waals surface area (Å²) < 4.78 is 41.1. The van der Waals surface area contributed by atoms with Gasteiger partial charge < -0.3 is 0 Å². The first-order chi connectivity index (χ1) is 10.9. The predicted molar refractivity (Wildman–Crippen MR) is 81.5 cm³/mol. The maximum atomic E-state index is 13.2. The van der Waals surface area contributed by atoms with Gasteiger partial charge in [0.05, 0.1) is 11.3 Å². The van der Waals surface area contributed by atoms with Crippen LogP contribution in [-0.2, 0) is 6.18 Å². The second kappa shape index (κ2) is 5.70. The molecule has 0 bridgehead atoms. The van der Waals surface area contributed by atoms with E-state index in [9.17, 15) is 13.2 Å². The van der Waals surface area contributed by atoms with Crippen molar-refractivity contribution in [2.75, 3.05) is 0 Å². The van der Waals surface area contributed by atoms with Crippen LogP contribution in [0.5, 0.6) is 0 Å². The summed E-state index contributed by atoms with van der Waals surface area (Å²) in [5.74, 6) is 0.114. The molecule has 0 aliphatic rings. The summed E-state index contributed by atoms with van der Waals surface area (Å²) in [6.45, 7) is 1.78. The number of nitrogens with zero attached hydrogens (tertiary/aromatic N) is 3. The number of hydrogen-bond acceptors (Lipinski definition) is 2. The summed E-state index contributed by atoms with van der Waals surface area (Å²) >= 11 is 6.09. The van der Waals surface area contributed by atoms with Gasteiger partial charge in [-0.15, -0.1) is 0 Å². The third kappa shape index (κ3) is 2.82. The molecule has 0 N–H and O–H groups in total. The number of rotatable bonds is 2. The van der Waals surface area contributed by atoms with E-state index in [1.165, 1.54) is 29.2 Å². The zero-order valence-electron chi connectivity index (χ0n) is 12.0. The Morgan fingerprint density at radius 2 is 1.78 bits per heavy atom. The summed E-state index contributed by atoms with van der Waals surface area (Å²) in [5.41, 5.74) is 0.512. The first kappa shape index (κ1) is 15.6.